The number of ether oxygens (including phenoxy) is 1. The molecule has 0 unspecified atom stereocenters. The molecule has 0 spiro atoms. The molecule has 1 aliphatic rings. The summed E-state index contributed by atoms with van der Waals surface area (Å²) in [7, 11) is 0. The minimum Gasteiger partial charge on any atom is -0.505 e. The normalized spacial score (nSPS) is 19.1. The Balaban J connectivity index is 2.04. The van der Waals surface area contributed by atoms with Gasteiger partial charge in [0, 0.05) is 25.9 Å². The summed E-state index contributed by atoms with van der Waals surface area (Å²) < 4.78 is 5.66. The van der Waals surface area contributed by atoms with Gasteiger partial charge in [-0.3, -0.25) is 9.78 Å². The van der Waals surface area contributed by atoms with Crippen LogP contribution < -0.4 is 0 Å². The number of nitrogens with zero attached hydrogens (tertiary/aromatic N) is 2. The molecule has 5 heteroatoms. The average Bonchev–Trinajstić information content (AvgIpc) is 2.46. The van der Waals surface area contributed by atoms with Crippen LogP contribution in [0.1, 0.15) is 36.5 Å². The second kappa shape index (κ2) is 6.52. The first-order chi connectivity index (χ1) is 9.22. The third kappa shape index (κ3) is 3.44. The highest BCUT2D eigenvalue weighted by atomic mass is 16.5. The third-order valence-electron chi connectivity index (χ3n) is 3.40. The Bertz CT molecular complexity index is 430. The molecular formula is C14H20N2O3. The topological polar surface area (TPSA) is 62.7 Å². The molecule has 1 amide bonds. The van der Waals surface area contributed by atoms with Gasteiger partial charge in [-0.25, -0.2) is 0 Å². The van der Waals surface area contributed by atoms with Gasteiger partial charge in [0.1, 0.15) is 5.75 Å². The molecule has 1 atom stereocenters. The minimum atomic E-state index is -0.170. The fraction of sp³-hybridized carbons (Fsp3) is 0.571. The summed E-state index contributed by atoms with van der Waals surface area (Å²) in [5.74, 6) is -0.243. The molecular weight excluding hydrogens is 244 g/mol. The van der Waals surface area contributed by atoms with Gasteiger partial charge in [0.2, 0.25) is 0 Å². The van der Waals surface area contributed by atoms with Crippen molar-refractivity contribution >= 4 is 5.91 Å². The van der Waals surface area contributed by atoms with Gasteiger partial charge in [-0.1, -0.05) is 0 Å². The van der Waals surface area contributed by atoms with Crippen molar-refractivity contribution in [3.05, 3.63) is 24.0 Å². The predicted molar refractivity (Wildman–Crippen MR) is 71.1 cm³/mol. The van der Waals surface area contributed by atoms with Crippen LogP contribution in [0.4, 0.5) is 0 Å². The van der Waals surface area contributed by atoms with Gasteiger partial charge in [0.05, 0.1) is 17.9 Å². The van der Waals surface area contributed by atoms with Crippen LogP contribution in [0.25, 0.3) is 0 Å². The molecule has 1 saturated heterocycles. The summed E-state index contributed by atoms with van der Waals surface area (Å²) in [4.78, 5) is 17.8. The Kier molecular flexibility index (Phi) is 4.74. The van der Waals surface area contributed by atoms with Gasteiger partial charge in [-0.15, -0.1) is 0 Å². The zero-order chi connectivity index (χ0) is 13.7. The molecule has 1 aliphatic heterocycles. The summed E-state index contributed by atoms with van der Waals surface area (Å²) in [6.07, 6.45) is 6.16. The lowest BCUT2D eigenvalue weighted by Gasteiger charge is -2.29. The molecule has 0 saturated carbocycles. The molecule has 104 valence electrons. The molecule has 0 aliphatic carbocycles. The molecule has 5 nitrogen and oxygen atoms in total. The van der Waals surface area contributed by atoms with E-state index < -0.39 is 0 Å². The number of amides is 1. The van der Waals surface area contributed by atoms with Crippen LogP contribution >= 0.6 is 0 Å². The van der Waals surface area contributed by atoms with E-state index in [1.807, 2.05) is 6.92 Å². The summed E-state index contributed by atoms with van der Waals surface area (Å²) >= 11 is 0. The van der Waals surface area contributed by atoms with E-state index in [0.717, 1.165) is 25.9 Å². The van der Waals surface area contributed by atoms with Crippen LogP contribution in [0.15, 0.2) is 18.5 Å². The van der Waals surface area contributed by atoms with Gasteiger partial charge in [0.25, 0.3) is 5.91 Å². The zero-order valence-electron chi connectivity index (χ0n) is 11.2. The van der Waals surface area contributed by atoms with Crippen LogP contribution in [0, 0.1) is 0 Å². The molecule has 0 bridgehead atoms. The highest BCUT2D eigenvalue weighted by molar-refractivity contribution is 5.96. The molecule has 19 heavy (non-hydrogen) atoms. The Morgan fingerprint density at radius 1 is 1.58 bits per heavy atom. The Morgan fingerprint density at radius 2 is 2.42 bits per heavy atom. The highest BCUT2D eigenvalue weighted by Crippen LogP contribution is 2.19. The van der Waals surface area contributed by atoms with Crippen molar-refractivity contribution < 1.29 is 14.6 Å². The number of aromatic nitrogens is 1. The molecule has 1 aromatic heterocycles. The van der Waals surface area contributed by atoms with Crippen molar-refractivity contribution in [2.45, 2.75) is 32.3 Å². The van der Waals surface area contributed by atoms with Crippen LogP contribution in [0.2, 0.25) is 0 Å². The maximum absolute atomic E-state index is 12.4. The summed E-state index contributed by atoms with van der Waals surface area (Å²) in [5, 5.41) is 9.69. The number of hydrogen-bond donors (Lipinski definition) is 1. The maximum Gasteiger partial charge on any atom is 0.257 e. The fourth-order valence-corrected chi connectivity index (χ4v) is 2.29. The van der Waals surface area contributed by atoms with E-state index in [9.17, 15) is 9.90 Å². The summed E-state index contributed by atoms with van der Waals surface area (Å²) in [6.45, 7) is 3.88. The third-order valence-corrected chi connectivity index (χ3v) is 3.40. The zero-order valence-corrected chi connectivity index (χ0v) is 11.2. The van der Waals surface area contributed by atoms with E-state index in [0.29, 0.717) is 18.7 Å². The van der Waals surface area contributed by atoms with Gasteiger partial charge < -0.3 is 14.7 Å². The highest BCUT2D eigenvalue weighted by Gasteiger charge is 2.22. The van der Waals surface area contributed by atoms with Gasteiger partial charge in [0.15, 0.2) is 0 Å². The molecule has 1 fully saturated rings. The van der Waals surface area contributed by atoms with E-state index in [-0.39, 0.29) is 17.8 Å². The average molecular weight is 264 g/mol. The van der Waals surface area contributed by atoms with Crippen molar-refractivity contribution in [2.75, 3.05) is 19.7 Å². The lowest BCUT2D eigenvalue weighted by atomic mass is 10.1. The molecule has 2 rings (SSSR count). The van der Waals surface area contributed by atoms with Crippen molar-refractivity contribution in [3.63, 3.8) is 0 Å². The monoisotopic (exact) mass is 264 g/mol. The number of rotatable bonds is 4. The largest absolute Gasteiger partial charge is 0.505 e. The van der Waals surface area contributed by atoms with Gasteiger partial charge in [-0.05, 0) is 32.3 Å². The van der Waals surface area contributed by atoms with Crippen molar-refractivity contribution in [1.29, 1.82) is 0 Å². The number of likely N-dealkylation sites (N-methyl/N-ethyl adjacent to an activating group) is 1. The lowest BCUT2D eigenvalue weighted by molar-refractivity contribution is -0.00317. The number of aromatic hydroxyl groups is 1. The number of hydrogen-bond acceptors (Lipinski definition) is 4. The molecule has 0 aromatic carbocycles. The number of carbonyl (C=O) groups excluding carboxylic acids is 1. The Hall–Kier alpha value is -1.62. The first-order valence-corrected chi connectivity index (χ1v) is 6.76. The second-order valence-electron chi connectivity index (χ2n) is 4.73. The maximum atomic E-state index is 12.4. The smallest absolute Gasteiger partial charge is 0.257 e. The Morgan fingerprint density at radius 3 is 3.05 bits per heavy atom. The number of pyridine rings is 1. The summed E-state index contributed by atoms with van der Waals surface area (Å²) in [6, 6.07) is 1.54. The molecule has 0 radical (unpaired) electrons. The molecule has 1 N–H and O–H groups in total. The van der Waals surface area contributed by atoms with Crippen molar-refractivity contribution in [3.8, 4) is 5.75 Å². The van der Waals surface area contributed by atoms with Crippen LogP contribution in [0.3, 0.4) is 0 Å². The van der Waals surface area contributed by atoms with Crippen molar-refractivity contribution in [1.82, 2.24) is 9.88 Å². The predicted octanol–water partition coefficient (Wildman–Crippen LogP) is 1.82. The standard InChI is InChI=1S/C14H20N2O3/c1-2-16(10-11-5-3-4-8-19-11)14(18)12-6-7-15-9-13(12)17/h6-7,9,11,17H,2-5,8,10H2,1H3/t11-/m0/s1. The Labute approximate surface area is 113 Å². The van der Waals surface area contributed by atoms with Crippen molar-refractivity contribution in [2.24, 2.45) is 0 Å². The van der Waals surface area contributed by atoms with Gasteiger partial charge >= 0.3 is 0 Å². The van der Waals surface area contributed by atoms with E-state index in [2.05, 4.69) is 4.98 Å². The van der Waals surface area contributed by atoms with E-state index >= 15 is 0 Å². The van der Waals surface area contributed by atoms with Crippen LogP contribution in [0.5, 0.6) is 5.75 Å². The van der Waals surface area contributed by atoms with E-state index in [1.54, 1.807) is 11.0 Å². The van der Waals surface area contributed by atoms with Crippen LogP contribution in [-0.4, -0.2) is 46.7 Å². The summed E-state index contributed by atoms with van der Waals surface area (Å²) in [5.41, 5.74) is 0.299. The van der Waals surface area contributed by atoms with Crippen LogP contribution in [-0.2, 0) is 4.74 Å². The fourth-order valence-electron chi connectivity index (χ4n) is 2.29. The molecule has 1 aromatic rings. The first kappa shape index (κ1) is 13.8. The SMILES string of the molecule is CCN(C[C@@H]1CCCCO1)C(=O)c1ccncc1O. The molecule has 2 heterocycles. The van der Waals surface area contributed by atoms with Gasteiger partial charge in [-0.2, -0.15) is 0 Å². The van der Waals surface area contributed by atoms with E-state index in [4.69, 9.17) is 4.74 Å². The number of carbonyl (C=O) groups is 1. The minimum absolute atomic E-state index is 0.0736. The van der Waals surface area contributed by atoms with E-state index in [1.165, 1.54) is 12.4 Å². The first-order valence-electron chi connectivity index (χ1n) is 6.76. The lowest BCUT2D eigenvalue weighted by Crippen LogP contribution is -2.39. The quantitative estimate of drug-likeness (QED) is 0.901. The second-order valence-corrected chi connectivity index (χ2v) is 4.73.